The lowest BCUT2D eigenvalue weighted by molar-refractivity contribution is -0.164. The van der Waals surface area contributed by atoms with Crippen LogP contribution in [0.1, 0.15) is 25.3 Å². The third-order valence-corrected chi connectivity index (χ3v) is 5.04. The zero-order valence-electron chi connectivity index (χ0n) is 19.2. The number of amides is 5. The maximum atomic E-state index is 13.2. The van der Waals surface area contributed by atoms with Crippen LogP contribution in [-0.2, 0) is 30.5 Å². The molecule has 0 unspecified atom stereocenters. The molecule has 13 heteroatoms. The summed E-state index contributed by atoms with van der Waals surface area (Å²) in [6, 6.07) is 7.42. The van der Waals surface area contributed by atoms with Crippen LogP contribution in [-0.4, -0.2) is 84.3 Å². The van der Waals surface area contributed by atoms with Gasteiger partial charge in [0.05, 0.1) is 6.54 Å². The molecule has 0 bridgehead atoms. The molecule has 35 heavy (non-hydrogen) atoms. The maximum Gasteiger partial charge on any atom is 0.406 e. The fourth-order valence-corrected chi connectivity index (χ4v) is 3.28. The molecule has 1 aliphatic rings. The molecule has 0 spiro atoms. The van der Waals surface area contributed by atoms with Crippen molar-refractivity contribution >= 4 is 29.5 Å². The van der Waals surface area contributed by atoms with Gasteiger partial charge < -0.3 is 25.8 Å². The van der Waals surface area contributed by atoms with Crippen molar-refractivity contribution in [2.45, 2.75) is 38.5 Å². The molecule has 1 fully saturated rings. The zero-order chi connectivity index (χ0) is 26.0. The Morgan fingerprint density at radius 2 is 1.51 bits per heavy atom. The molecule has 1 aromatic carbocycles. The van der Waals surface area contributed by atoms with E-state index in [1.54, 1.807) is 30.3 Å². The second-order valence-corrected chi connectivity index (χ2v) is 8.03. The molecule has 5 amide bonds. The molecular weight excluding hydrogens is 471 g/mol. The minimum atomic E-state index is -4.80. The van der Waals surface area contributed by atoms with Crippen molar-refractivity contribution < 1.29 is 37.1 Å². The molecule has 0 radical (unpaired) electrons. The van der Waals surface area contributed by atoms with Crippen molar-refractivity contribution in [2.24, 2.45) is 0 Å². The first-order valence-electron chi connectivity index (χ1n) is 10.9. The van der Waals surface area contributed by atoms with Gasteiger partial charge in [-0.15, -0.1) is 0 Å². The average Bonchev–Trinajstić information content (AvgIpc) is 2.77. The van der Waals surface area contributed by atoms with E-state index >= 15 is 0 Å². The number of halogens is 3. The number of carbonyl (C=O) groups excluding carboxylic acids is 5. The number of hydrogen-bond donors (Lipinski definition) is 3. The van der Waals surface area contributed by atoms with Crippen LogP contribution in [0.3, 0.4) is 0 Å². The Hall–Kier alpha value is -3.64. The van der Waals surface area contributed by atoms with Gasteiger partial charge in [-0.25, -0.2) is 0 Å². The van der Waals surface area contributed by atoms with E-state index in [0.717, 1.165) is 4.90 Å². The van der Waals surface area contributed by atoms with Gasteiger partial charge >= 0.3 is 6.18 Å². The molecule has 0 aromatic heterocycles. The van der Waals surface area contributed by atoms with Gasteiger partial charge in [-0.1, -0.05) is 30.3 Å². The lowest BCUT2D eigenvalue weighted by atomic mass is 10.2. The summed E-state index contributed by atoms with van der Waals surface area (Å²) in [5, 5.41) is 7.19. The van der Waals surface area contributed by atoms with E-state index in [9.17, 15) is 37.1 Å². The molecule has 1 aliphatic heterocycles. The van der Waals surface area contributed by atoms with Crippen molar-refractivity contribution in [2.75, 3.05) is 32.7 Å². The van der Waals surface area contributed by atoms with E-state index in [0.29, 0.717) is 10.5 Å². The summed E-state index contributed by atoms with van der Waals surface area (Å²) in [6.07, 6.45) is -5.07. The van der Waals surface area contributed by atoms with Crippen molar-refractivity contribution in [1.82, 2.24) is 25.8 Å². The Morgan fingerprint density at radius 3 is 2.17 bits per heavy atom. The molecule has 0 saturated carbocycles. The molecule has 10 nitrogen and oxygen atoms in total. The van der Waals surface area contributed by atoms with Gasteiger partial charge in [0.2, 0.25) is 29.5 Å². The van der Waals surface area contributed by atoms with Gasteiger partial charge in [-0.2, -0.15) is 13.2 Å². The van der Waals surface area contributed by atoms with Crippen LogP contribution >= 0.6 is 0 Å². The summed E-state index contributed by atoms with van der Waals surface area (Å²) in [7, 11) is 0. The number of nitrogens with zero attached hydrogens (tertiary/aromatic N) is 2. The minimum Gasteiger partial charge on any atom is -0.356 e. The number of nitrogens with one attached hydrogen (secondary N) is 3. The second kappa shape index (κ2) is 12.7. The van der Waals surface area contributed by atoms with Gasteiger partial charge in [-0.3, -0.25) is 24.0 Å². The van der Waals surface area contributed by atoms with Gasteiger partial charge in [0.25, 0.3) is 0 Å². The molecule has 1 atom stereocenters. The SMILES string of the molecule is C[C@@H]1NC(=O)CN(CC(F)(F)F)C(=O)CN(Cc2ccccc2)C(=O)CCNC(=O)CCNC1=O. The first-order chi connectivity index (χ1) is 16.4. The summed E-state index contributed by atoms with van der Waals surface area (Å²) < 4.78 is 39.5. The lowest BCUT2D eigenvalue weighted by Gasteiger charge is -2.28. The highest BCUT2D eigenvalue weighted by atomic mass is 19.4. The molecular formula is C22H28F3N5O5. The van der Waals surface area contributed by atoms with Gasteiger partial charge in [0, 0.05) is 32.5 Å². The average molecular weight is 499 g/mol. The minimum absolute atomic E-state index is 0.0440. The van der Waals surface area contributed by atoms with Crippen LogP contribution in [0.5, 0.6) is 0 Å². The van der Waals surface area contributed by atoms with Crippen LogP contribution in [0.25, 0.3) is 0 Å². The van der Waals surface area contributed by atoms with E-state index < -0.39 is 61.4 Å². The summed E-state index contributed by atoms with van der Waals surface area (Å²) in [5.41, 5.74) is 0.641. The normalized spacial score (nSPS) is 20.1. The summed E-state index contributed by atoms with van der Waals surface area (Å²) >= 11 is 0. The monoisotopic (exact) mass is 499 g/mol. The molecule has 192 valence electrons. The van der Waals surface area contributed by atoms with Gasteiger partial charge in [-0.05, 0) is 12.5 Å². The number of hydrogen-bond acceptors (Lipinski definition) is 5. The number of rotatable bonds is 3. The fourth-order valence-electron chi connectivity index (χ4n) is 3.28. The largest absolute Gasteiger partial charge is 0.406 e. The van der Waals surface area contributed by atoms with Crippen LogP contribution in [0.15, 0.2) is 30.3 Å². The molecule has 2 rings (SSSR count). The quantitative estimate of drug-likeness (QED) is 0.537. The smallest absolute Gasteiger partial charge is 0.356 e. The van der Waals surface area contributed by atoms with E-state index in [1.165, 1.54) is 6.92 Å². The highest BCUT2D eigenvalue weighted by molar-refractivity contribution is 5.91. The number of alkyl halides is 3. The first-order valence-corrected chi connectivity index (χ1v) is 10.9. The van der Waals surface area contributed by atoms with Crippen LogP contribution in [0.4, 0.5) is 13.2 Å². The topological polar surface area (TPSA) is 128 Å². The first kappa shape index (κ1) is 27.6. The number of carbonyl (C=O) groups is 5. The van der Waals surface area contributed by atoms with Gasteiger partial charge in [0.1, 0.15) is 19.1 Å². The zero-order valence-corrected chi connectivity index (χ0v) is 19.2. The standard InChI is InChI=1S/C22H28F3N5O5/c1-15-21(35)27-9-7-17(31)26-10-8-19(33)29(11-16-5-3-2-4-6-16)13-20(34)30(12-18(32)28-15)14-22(23,24)25/h2-6,15H,7-14H2,1H3,(H,26,31)(H,27,35)(H,28,32)/t15-/m0/s1. The Bertz CT molecular complexity index is 926. The summed E-state index contributed by atoms with van der Waals surface area (Å²) in [4.78, 5) is 63.4. The number of benzene rings is 1. The van der Waals surface area contributed by atoms with Crippen LogP contribution in [0, 0.1) is 0 Å². The third kappa shape index (κ3) is 10.0. The third-order valence-electron chi connectivity index (χ3n) is 5.04. The van der Waals surface area contributed by atoms with Gasteiger partial charge in [0.15, 0.2) is 0 Å². The van der Waals surface area contributed by atoms with E-state index in [4.69, 9.17) is 0 Å². The maximum absolute atomic E-state index is 13.2. The Labute approximate surface area is 200 Å². The molecule has 1 aromatic rings. The summed E-state index contributed by atoms with van der Waals surface area (Å²) in [5.74, 6) is -3.71. The van der Waals surface area contributed by atoms with Crippen molar-refractivity contribution in [3.05, 3.63) is 35.9 Å². The summed E-state index contributed by atoms with van der Waals surface area (Å²) in [6.45, 7) is -2.21. The lowest BCUT2D eigenvalue weighted by Crippen LogP contribution is -2.52. The van der Waals surface area contributed by atoms with Crippen molar-refractivity contribution in [3.8, 4) is 0 Å². The second-order valence-electron chi connectivity index (χ2n) is 8.03. The predicted octanol–water partition coefficient (Wildman–Crippen LogP) is -0.0630. The highest BCUT2D eigenvalue weighted by Gasteiger charge is 2.35. The Kier molecular flexibility index (Phi) is 10.0. The van der Waals surface area contributed by atoms with Crippen molar-refractivity contribution in [1.29, 1.82) is 0 Å². The van der Waals surface area contributed by atoms with E-state index in [1.807, 2.05) is 0 Å². The molecule has 0 aliphatic carbocycles. The van der Waals surface area contributed by atoms with Crippen molar-refractivity contribution in [3.63, 3.8) is 0 Å². The fraction of sp³-hybridized carbons (Fsp3) is 0.500. The molecule has 3 N–H and O–H groups in total. The molecule has 1 heterocycles. The Morgan fingerprint density at radius 1 is 0.857 bits per heavy atom. The highest BCUT2D eigenvalue weighted by Crippen LogP contribution is 2.17. The Balaban J connectivity index is 2.28. The van der Waals surface area contributed by atoms with E-state index in [-0.39, 0.29) is 32.5 Å². The molecule has 1 saturated heterocycles. The van der Waals surface area contributed by atoms with Crippen LogP contribution < -0.4 is 16.0 Å². The van der Waals surface area contributed by atoms with E-state index in [2.05, 4.69) is 16.0 Å². The predicted molar refractivity (Wildman–Crippen MR) is 117 cm³/mol. The van der Waals surface area contributed by atoms with Crippen LogP contribution in [0.2, 0.25) is 0 Å².